The Kier molecular flexibility index (Phi) is 7.50. The van der Waals surface area contributed by atoms with Gasteiger partial charge in [0.1, 0.15) is 0 Å². The van der Waals surface area contributed by atoms with E-state index >= 15 is 0 Å². The summed E-state index contributed by atoms with van der Waals surface area (Å²) in [5, 5.41) is 0. The van der Waals surface area contributed by atoms with E-state index in [1.54, 1.807) is 12.1 Å². The Bertz CT molecular complexity index is 593. The fourth-order valence-electron chi connectivity index (χ4n) is 3.46. The summed E-state index contributed by atoms with van der Waals surface area (Å²) in [5.74, 6) is 4.60. The molecule has 0 N–H and O–H groups in total. The molecule has 0 atom stereocenters. The molecule has 0 heterocycles. The van der Waals surface area contributed by atoms with E-state index in [2.05, 4.69) is 25.7 Å². The molecule has 1 aromatic rings. The van der Waals surface area contributed by atoms with Gasteiger partial charge in [-0.3, -0.25) is 0 Å². The molecule has 130 valence electrons. The Morgan fingerprint density at radius 2 is 1.67 bits per heavy atom. The summed E-state index contributed by atoms with van der Waals surface area (Å²) in [6.45, 7) is 4.31. The third-order valence-electron chi connectivity index (χ3n) is 4.87. The second-order valence-corrected chi connectivity index (χ2v) is 6.85. The molecule has 2 heteroatoms. The van der Waals surface area contributed by atoms with E-state index in [0.29, 0.717) is 0 Å². The highest BCUT2D eigenvalue weighted by atomic mass is 19.2. The van der Waals surface area contributed by atoms with Gasteiger partial charge in [-0.05, 0) is 49.5 Å². The normalized spacial score (nSPS) is 21.7. The second-order valence-electron chi connectivity index (χ2n) is 6.85. The van der Waals surface area contributed by atoms with E-state index in [0.717, 1.165) is 37.2 Å². The maximum atomic E-state index is 14.2. The summed E-state index contributed by atoms with van der Waals surface area (Å²) in [4.78, 5) is 0. The van der Waals surface area contributed by atoms with Crippen LogP contribution >= 0.6 is 0 Å². The number of halogens is 2. The molecule has 1 saturated carbocycles. The van der Waals surface area contributed by atoms with Gasteiger partial charge >= 0.3 is 0 Å². The van der Waals surface area contributed by atoms with Crippen molar-refractivity contribution in [2.24, 2.45) is 11.8 Å². The Labute approximate surface area is 145 Å². The van der Waals surface area contributed by atoms with Crippen molar-refractivity contribution in [2.45, 2.75) is 65.2 Å². The minimum atomic E-state index is -0.936. The second kappa shape index (κ2) is 9.62. The molecule has 0 aliphatic heterocycles. The van der Waals surface area contributed by atoms with Crippen molar-refractivity contribution >= 4 is 5.83 Å². The Morgan fingerprint density at radius 1 is 1.00 bits per heavy atom. The van der Waals surface area contributed by atoms with Crippen LogP contribution in [-0.2, 0) is 6.42 Å². The topological polar surface area (TPSA) is 0 Å². The van der Waals surface area contributed by atoms with Crippen molar-refractivity contribution in [3.63, 3.8) is 0 Å². The highest BCUT2D eigenvalue weighted by Gasteiger charge is 2.19. The summed E-state index contributed by atoms with van der Waals surface area (Å²) < 4.78 is 28.2. The van der Waals surface area contributed by atoms with Gasteiger partial charge in [0.05, 0.1) is 0 Å². The molecular formula is C22H28F2. The molecular weight excluding hydrogens is 302 g/mol. The maximum absolute atomic E-state index is 14.2. The molecule has 0 unspecified atom stereocenters. The molecule has 1 fully saturated rings. The largest absolute Gasteiger partial charge is 0.209 e. The van der Waals surface area contributed by atoms with Gasteiger partial charge in [0, 0.05) is 11.5 Å². The standard InChI is InChI=1S/C22H28F2/c1-3-5-17-7-9-19(10-8-17)13-16-21(23)22(24)20-14-11-18(6-4-2)12-15-20/h11-12,14-15,17,19H,3-10H2,1-2H3. The number of aryl methyl sites for hydroxylation is 1. The lowest BCUT2D eigenvalue weighted by atomic mass is 9.80. The molecule has 0 spiro atoms. The summed E-state index contributed by atoms with van der Waals surface area (Å²) in [5.41, 5.74) is 1.41. The summed E-state index contributed by atoms with van der Waals surface area (Å²) in [6.07, 6.45) is 8.85. The monoisotopic (exact) mass is 330 g/mol. The van der Waals surface area contributed by atoms with Gasteiger partial charge in [-0.15, -0.1) is 0 Å². The van der Waals surface area contributed by atoms with Crippen LogP contribution in [0.25, 0.3) is 5.83 Å². The first-order chi connectivity index (χ1) is 11.6. The summed E-state index contributed by atoms with van der Waals surface area (Å²) >= 11 is 0. The predicted molar refractivity (Wildman–Crippen MR) is 97.7 cm³/mol. The number of allylic oxidation sites excluding steroid dienone is 1. The lowest BCUT2D eigenvalue weighted by molar-refractivity contribution is 0.299. The molecule has 2 rings (SSSR count). The van der Waals surface area contributed by atoms with Crippen molar-refractivity contribution in [1.29, 1.82) is 0 Å². The SMILES string of the molecule is CCCc1ccc(C(F)=C(F)C#CC2CCC(CCC)CC2)cc1. The number of benzene rings is 1. The molecule has 0 nitrogen and oxygen atoms in total. The van der Waals surface area contributed by atoms with E-state index in [4.69, 9.17) is 0 Å². The Balaban J connectivity index is 1.97. The number of rotatable bonds is 5. The van der Waals surface area contributed by atoms with Crippen molar-refractivity contribution in [3.05, 3.63) is 41.2 Å². The van der Waals surface area contributed by atoms with Gasteiger partial charge in [0.15, 0.2) is 5.83 Å². The van der Waals surface area contributed by atoms with E-state index in [-0.39, 0.29) is 11.5 Å². The Morgan fingerprint density at radius 3 is 2.25 bits per heavy atom. The van der Waals surface area contributed by atoms with Crippen LogP contribution in [0.3, 0.4) is 0 Å². The van der Waals surface area contributed by atoms with E-state index < -0.39 is 11.7 Å². The molecule has 0 radical (unpaired) electrons. The van der Waals surface area contributed by atoms with E-state index in [9.17, 15) is 8.78 Å². The van der Waals surface area contributed by atoms with Gasteiger partial charge in [0.25, 0.3) is 0 Å². The quantitative estimate of drug-likeness (QED) is 0.517. The molecule has 1 aliphatic carbocycles. The zero-order valence-corrected chi connectivity index (χ0v) is 14.9. The Hall–Kier alpha value is -1.62. The third kappa shape index (κ3) is 5.48. The fourth-order valence-corrected chi connectivity index (χ4v) is 3.46. The molecule has 0 bridgehead atoms. The van der Waals surface area contributed by atoms with Crippen LogP contribution in [0.5, 0.6) is 0 Å². The lowest BCUT2D eigenvalue weighted by Gasteiger charge is -2.25. The maximum Gasteiger partial charge on any atom is 0.209 e. The van der Waals surface area contributed by atoms with Crippen molar-refractivity contribution < 1.29 is 8.78 Å². The fraction of sp³-hybridized carbons (Fsp3) is 0.545. The lowest BCUT2D eigenvalue weighted by Crippen LogP contribution is -2.13. The summed E-state index contributed by atoms with van der Waals surface area (Å²) in [7, 11) is 0. The predicted octanol–water partition coefficient (Wildman–Crippen LogP) is 6.86. The van der Waals surface area contributed by atoms with Crippen LogP contribution in [0.15, 0.2) is 30.1 Å². The molecule has 0 aromatic heterocycles. The van der Waals surface area contributed by atoms with Crippen LogP contribution in [0, 0.1) is 23.7 Å². The molecule has 0 amide bonds. The highest BCUT2D eigenvalue weighted by molar-refractivity contribution is 5.64. The van der Waals surface area contributed by atoms with Gasteiger partial charge < -0.3 is 0 Å². The molecule has 1 aromatic carbocycles. The van der Waals surface area contributed by atoms with Crippen LogP contribution in [0.2, 0.25) is 0 Å². The first-order valence-electron chi connectivity index (χ1n) is 9.30. The van der Waals surface area contributed by atoms with Crippen LogP contribution in [0.4, 0.5) is 8.78 Å². The minimum Gasteiger partial charge on any atom is -0.202 e. The van der Waals surface area contributed by atoms with Crippen molar-refractivity contribution in [1.82, 2.24) is 0 Å². The van der Waals surface area contributed by atoms with Gasteiger partial charge in [-0.1, -0.05) is 63.3 Å². The summed E-state index contributed by atoms with van der Waals surface area (Å²) in [6, 6.07) is 6.98. The van der Waals surface area contributed by atoms with Gasteiger partial charge in [-0.25, -0.2) is 4.39 Å². The van der Waals surface area contributed by atoms with Gasteiger partial charge in [-0.2, -0.15) is 4.39 Å². The van der Waals surface area contributed by atoms with Crippen LogP contribution in [0.1, 0.15) is 69.9 Å². The smallest absolute Gasteiger partial charge is 0.202 e. The van der Waals surface area contributed by atoms with Crippen molar-refractivity contribution in [2.75, 3.05) is 0 Å². The first kappa shape index (κ1) is 18.7. The zero-order valence-electron chi connectivity index (χ0n) is 14.9. The zero-order chi connectivity index (χ0) is 17.4. The van der Waals surface area contributed by atoms with E-state index in [1.807, 2.05) is 12.1 Å². The van der Waals surface area contributed by atoms with Crippen LogP contribution in [-0.4, -0.2) is 0 Å². The third-order valence-corrected chi connectivity index (χ3v) is 4.87. The number of hydrogen-bond acceptors (Lipinski definition) is 0. The van der Waals surface area contributed by atoms with Crippen molar-refractivity contribution in [3.8, 4) is 11.8 Å². The number of hydrogen-bond donors (Lipinski definition) is 0. The highest BCUT2D eigenvalue weighted by Crippen LogP contribution is 2.31. The average Bonchev–Trinajstić information content (AvgIpc) is 2.61. The molecule has 24 heavy (non-hydrogen) atoms. The van der Waals surface area contributed by atoms with Crippen LogP contribution < -0.4 is 0 Å². The minimum absolute atomic E-state index is 0.212. The molecule has 1 aliphatic rings. The average molecular weight is 330 g/mol. The molecule has 0 saturated heterocycles. The van der Waals surface area contributed by atoms with E-state index in [1.165, 1.54) is 25.7 Å². The van der Waals surface area contributed by atoms with Gasteiger partial charge in [0.2, 0.25) is 5.83 Å². The first-order valence-corrected chi connectivity index (χ1v) is 9.30.